The highest BCUT2D eigenvalue weighted by molar-refractivity contribution is 6.62. The molecule has 0 aromatic heterocycles. The van der Waals surface area contributed by atoms with E-state index in [-0.39, 0.29) is 24.4 Å². The Morgan fingerprint density at radius 3 is 2.25 bits per heavy atom. The Hall–Kier alpha value is -1.59. The number of carbonyl (C=O) groups is 1. The SMILES string of the molecule is CC1(C)OB(c2ccc(C3=CCC(NC=O)CC3)cc2)OC1(C)C. The van der Waals surface area contributed by atoms with Crippen molar-refractivity contribution in [3.63, 3.8) is 0 Å². The normalized spacial score (nSPS) is 25.2. The van der Waals surface area contributed by atoms with E-state index in [1.807, 2.05) is 0 Å². The van der Waals surface area contributed by atoms with E-state index < -0.39 is 0 Å². The summed E-state index contributed by atoms with van der Waals surface area (Å²) in [6, 6.07) is 8.73. The lowest BCUT2D eigenvalue weighted by Crippen LogP contribution is -2.41. The van der Waals surface area contributed by atoms with E-state index in [2.05, 4.69) is 63.4 Å². The molecule has 1 saturated heterocycles. The molecule has 1 atom stereocenters. The van der Waals surface area contributed by atoms with Gasteiger partial charge < -0.3 is 14.6 Å². The van der Waals surface area contributed by atoms with Crippen LogP contribution in [0, 0.1) is 0 Å². The fraction of sp³-hybridized carbons (Fsp3) is 0.526. The van der Waals surface area contributed by atoms with Crippen LogP contribution >= 0.6 is 0 Å². The summed E-state index contributed by atoms with van der Waals surface area (Å²) in [5.74, 6) is 0. The predicted octanol–water partition coefficient (Wildman–Crippen LogP) is 2.67. The van der Waals surface area contributed by atoms with Crippen molar-refractivity contribution in [2.24, 2.45) is 0 Å². The Morgan fingerprint density at radius 1 is 1.12 bits per heavy atom. The second kappa shape index (κ2) is 6.38. The van der Waals surface area contributed by atoms with Crippen LogP contribution in [0.2, 0.25) is 0 Å². The summed E-state index contributed by atoms with van der Waals surface area (Å²) >= 11 is 0. The Balaban J connectivity index is 1.70. The minimum atomic E-state index is -0.317. The van der Waals surface area contributed by atoms with Crippen LogP contribution < -0.4 is 10.8 Å². The van der Waals surface area contributed by atoms with Crippen molar-refractivity contribution in [3.05, 3.63) is 35.9 Å². The van der Waals surface area contributed by atoms with Crippen molar-refractivity contribution in [2.45, 2.75) is 64.2 Å². The molecule has 0 bridgehead atoms. The third-order valence-electron chi connectivity index (χ3n) is 5.52. The van der Waals surface area contributed by atoms with E-state index >= 15 is 0 Å². The van der Waals surface area contributed by atoms with Gasteiger partial charge in [-0.25, -0.2) is 0 Å². The second-order valence-electron chi connectivity index (χ2n) is 7.70. The number of hydrogen-bond acceptors (Lipinski definition) is 3. The summed E-state index contributed by atoms with van der Waals surface area (Å²) in [5, 5.41) is 2.86. The van der Waals surface area contributed by atoms with Crippen LogP contribution in [0.5, 0.6) is 0 Å². The number of allylic oxidation sites excluding steroid dienone is 1. The molecule has 0 saturated carbocycles. The first-order valence-corrected chi connectivity index (χ1v) is 8.67. The summed E-state index contributed by atoms with van der Waals surface area (Å²) in [6.45, 7) is 8.27. The molecule has 1 heterocycles. The van der Waals surface area contributed by atoms with Crippen LogP contribution in [0.3, 0.4) is 0 Å². The average molecular weight is 327 g/mol. The molecule has 1 aliphatic heterocycles. The van der Waals surface area contributed by atoms with Gasteiger partial charge in [0.2, 0.25) is 6.41 Å². The standard InChI is InChI=1S/C19H26BNO3/c1-18(2)19(3,4)24-20(23-18)16-9-5-14(6-10-16)15-7-11-17(12-8-15)21-13-22/h5-7,9-10,13,17H,8,11-12H2,1-4H3,(H,21,22). The number of nitrogens with one attached hydrogen (secondary N) is 1. The maximum atomic E-state index is 10.5. The topological polar surface area (TPSA) is 47.6 Å². The molecule has 1 aromatic carbocycles. The first-order valence-electron chi connectivity index (χ1n) is 8.67. The van der Waals surface area contributed by atoms with Crippen molar-refractivity contribution in [2.75, 3.05) is 0 Å². The number of hydrogen-bond donors (Lipinski definition) is 1. The van der Waals surface area contributed by atoms with Crippen molar-refractivity contribution >= 4 is 24.6 Å². The third-order valence-corrected chi connectivity index (χ3v) is 5.52. The zero-order valence-electron chi connectivity index (χ0n) is 15.0. The van der Waals surface area contributed by atoms with E-state index in [0.29, 0.717) is 0 Å². The predicted molar refractivity (Wildman–Crippen MR) is 97.0 cm³/mol. The van der Waals surface area contributed by atoms with Crippen LogP contribution in [0.1, 0.15) is 52.5 Å². The summed E-state index contributed by atoms with van der Waals surface area (Å²) in [7, 11) is -0.314. The number of benzene rings is 1. The van der Waals surface area contributed by atoms with Gasteiger partial charge in [0.05, 0.1) is 11.2 Å². The Bertz CT molecular complexity index is 621. The number of rotatable bonds is 4. The molecule has 2 aliphatic rings. The van der Waals surface area contributed by atoms with Crippen molar-refractivity contribution < 1.29 is 14.1 Å². The van der Waals surface area contributed by atoms with E-state index in [4.69, 9.17) is 9.31 Å². The van der Waals surface area contributed by atoms with E-state index in [0.717, 1.165) is 31.1 Å². The molecule has 0 radical (unpaired) electrons. The van der Waals surface area contributed by atoms with Gasteiger partial charge >= 0.3 is 7.12 Å². The van der Waals surface area contributed by atoms with Gasteiger partial charge in [-0.3, -0.25) is 4.79 Å². The fourth-order valence-electron chi connectivity index (χ4n) is 3.18. The van der Waals surface area contributed by atoms with E-state index in [1.54, 1.807) is 0 Å². The highest BCUT2D eigenvalue weighted by Crippen LogP contribution is 2.36. The molecule has 24 heavy (non-hydrogen) atoms. The summed E-state index contributed by atoms with van der Waals surface area (Å²) in [4.78, 5) is 10.5. The molecule has 3 rings (SSSR count). The molecule has 1 aromatic rings. The van der Waals surface area contributed by atoms with E-state index in [1.165, 1.54) is 11.1 Å². The van der Waals surface area contributed by atoms with E-state index in [9.17, 15) is 4.79 Å². The molecular weight excluding hydrogens is 301 g/mol. The highest BCUT2D eigenvalue weighted by atomic mass is 16.7. The molecular formula is C19H26BNO3. The lowest BCUT2D eigenvalue weighted by Gasteiger charge is -2.32. The lowest BCUT2D eigenvalue weighted by atomic mass is 9.78. The van der Waals surface area contributed by atoms with Crippen LogP contribution in [-0.2, 0) is 14.1 Å². The Morgan fingerprint density at radius 2 is 1.75 bits per heavy atom. The third kappa shape index (κ3) is 3.28. The maximum absolute atomic E-state index is 10.5. The molecule has 1 N–H and O–H groups in total. The van der Waals surface area contributed by atoms with Crippen molar-refractivity contribution in [3.8, 4) is 0 Å². The first-order chi connectivity index (χ1) is 11.3. The quantitative estimate of drug-likeness (QED) is 0.683. The van der Waals surface area contributed by atoms with Crippen LogP contribution in [0.15, 0.2) is 30.3 Å². The minimum Gasteiger partial charge on any atom is -0.399 e. The zero-order valence-corrected chi connectivity index (χ0v) is 15.0. The van der Waals surface area contributed by atoms with Crippen LogP contribution in [-0.4, -0.2) is 30.8 Å². The van der Waals surface area contributed by atoms with Crippen molar-refractivity contribution in [1.82, 2.24) is 5.32 Å². The highest BCUT2D eigenvalue weighted by Gasteiger charge is 2.51. The molecule has 1 amide bonds. The molecule has 1 unspecified atom stereocenters. The van der Waals surface area contributed by atoms with Crippen molar-refractivity contribution in [1.29, 1.82) is 0 Å². The zero-order chi connectivity index (χ0) is 17.4. The van der Waals surface area contributed by atoms with Crippen LogP contribution in [0.4, 0.5) is 0 Å². The lowest BCUT2D eigenvalue weighted by molar-refractivity contribution is -0.110. The molecule has 1 aliphatic carbocycles. The smallest absolute Gasteiger partial charge is 0.399 e. The summed E-state index contributed by atoms with van der Waals surface area (Å²) in [6.07, 6.45) is 5.90. The molecule has 5 heteroatoms. The monoisotopic (exact) mass is 327 g/mol. The van der Waals surface area contributed by atoms with Gasteiger partial charge in [-0.15, -0.1) is 0 Å². The number of amides is 1. The first kappa shape index (κ1) is 17.2. The maximum Gasteiger partial charge on any atom is 0.494 e. The van der Waals surface area contributed by atoms with Crippen LogP contribution in [0.25, 0.3) is 5.57 Å². The molecule has 128 valence electrons. The fourth-order valence-corrected chi connectivity index (χ4v) is 3.18. The Kier molecular flexibility index (Phi) is 4.58. The van der Waals surface area contributed by atoms with Gasteiger partial charge in [0.25, 0.3) is 0 Å². The van der Waals surface area contributed by atoms with Gasteiger partial charge in [-0.05, 0) is 63.6 Å². The van der Waals surface area contributed by atoms with Gasteiger partial charge in [-0.1, -0.05) is 30.3 Å². The molecule has 4 nitrogen and oxygen atoms in total. The summed E-state index contributed by atoms with van der Waals surface area (Å²) in [5.41, 5.74) is 3.00. The summed E-state index contributed by atoms with van der Waals surface area (Å²) < 4.78 is 12.2. The largest absolute Gasteiger partial charge is 0.494 e. The van der Waals surface area contributed by atoms with Gasteiger partial charge in [0.15, 0.2) is 0 Å². The second-order valence-corrected chi connectivity index (χ2v) is 7.70. The molecule has 0 spiro atoms. The molecule has 1 fully saturated rings. The minimum absolute atomic E-state index is 0.273. The van der Waals surface area contributed by atoms with Gasteiger partial charge in [0.1, 0.15) is 0 Å². The average Bonchev–Trinajstić information content (AvgIpc) is 2.77. The van der Waals surface area contributed by atoms with Gasteiger partial charge in [0, 0.05) is 6.04 Å². The Labute approximate surface area is 144 Å². The van der Waals surface area contributed by atoms with Gasteiger partial charge in [-0.2, -0.15) is 0 Å². The number of carbonyl (C=O) groups excluding carboxylic acids is 1.